The zero-order valence-electron chi connectivity index (χ0n) is 19.4. The van der Waals surface area contributed by atoms with Crippen LogP contribution in [0.15, 0.2) is 48.5 Å². The molecule has 3 N–H and O–H groups in total. The molecule has 0 aromatic heterocycles. The number of piperidine rings is 1. The Morgan fingerprint density at radius 1 is 1.09 bits per heavy atom. The van der Waals surface area contributed by atoms with E-state index < -0.39 is 6.10 Å². The summed E-state index contributed by atoms with van der Waals surface area (Å²) in [6.07, 6.45) is 1.67. The van der Waals surface area contributed by atoms with E-state index in [4.69, 9.17) is 11.6 Å². The molecule has 2 amide bonds. The van der Waals surface area contributed by atoms with Crippen LogP contribution in [0.4, 0.5) is 16.2 Å². The molecule has 178 valence electrons. The van der Waals surface area contributed by atoms with Crippen molar-refractivity contribution in [2.24, 2.45) is 0 Å². The number of carbonyl (C=O) groups is 1. The highest BCUT2D eigenvalue weighted by Crippen LogP contribution is 2.29. The van der Waals surface area contributed by atoms with E-state index in [1.807, 2.05) is 36.4 Å². The number of anilines is 2. The molecule has 0 spiro atoms. The average molecular weight is 472 g/mol. The van der Waals surface area contributed by atoms with Crippen LogP contribution in [0.2, 0.25) is 5.02 Å². The number of aliphatic hydroxyl groups is 1. The first-order valence-corrected chi connectivity index (χ1v) is 12.0. The number of para-hydroxylation sites is 2. The molecule has 2 fully saturated rings. The summed E-state index contributed by atoms with van der Waals surface area (Å²) in [5.74, 6) is 0. The van der Waals surface area contributed by atoms with Gasteiger partial charge in [0.25, 0.3) is 0 Å². The minimum Gasteiger partial charge on any atom is -0.390 e. The molecule has 2 aromatic carbocycles. The lowest BCUT2D eigenvalue weighted by atomic mass is 10.0. The first-order chi connectivity index (χ1) is 15.9. The molecule has 4 rings (SSSR count). The lowest BCUT2D eigenvalue weighted by molar-refractivity contribution is 0.136. The molecule has 2 aromatic rings. The van der Waals surface area contributed by atoms with Gasteiger partial charge in [-0.05, 0) is 55.8 Å². The summed E-state index contributed by atoms with van der Waals surface area (Å²) in [4.78, 5) is 18.3. The minimum absolute atomic E-state index is 0.00965. The number of nitrogens with one attached hydrogen (secondary N) is 2. The third-order valence-electron chi connectivity index (χ3n) is 6.54. The van der Waals surface area contributed by atoms with Crippen LogP contribution in [0.5, 0.6) is 0 Å². The number of carbonyl (C=O) groups excluding carboxylic acids is 1. The molecule has 33 heavy (non-hydrogen) atoms. The minimum atomic E-state index is -0.449. The first kappa shape index (κ1) is 23.8. The Bertz CT molecular complexity index is 931. The van der Waals surface area contributed by atoms with E-state index in [1.54, 1.807) is 14.1 Å². The van der Waals surface area contributed by atoms with Crippen molar-refractivity contribution >= 4 is 29.0 Å². The van der Waals surface area contributed by atoms with E-state index in [1.165, 1.54) is 10.5 Å². The van der Waals surface area contributed by atoms with Crippen LogP contribution >= 0.6 is 11.6 Å². The van der Waals surface area contributed by atoms with Crippen molar-refractivity contribution in [2.75, 3.05) is 50.5 Å². The van der Waals surface area contributed by atoms with E-state index >= 15 is 0 Å². The van der Waals surface area contributed by atoms with Gasteiger partial charge in [-0.25, -0.2) is 4.79 Å². The summed E-state index contributed by atoms with van der Waals surface area (Å²) in [7, 11) is 3.44. The van der Waals surface area contributed by atoms with Gasteiger partial charge >= 0.3 is 6.03 Å². The van der Waals surface area contributed by atoms with Gasteiger partial charge in [-0.3, -0.25) is 4.90 Å². The number of rotatable bonds is 6. The van der Waals surface area contributed by atoms with Crippen LogP contribution in [0.25, 0.3) is 0 Å². The molecule has 2 heterocycles. The molecule has 2 atom stereocenters. The van der Waals surface area contributed by atoms with Crippen molar-refractivity contribution in [1.82, 2.24) is 15.1 Å². The highest BCUT2D eigenvalue weighted by Gasteiger charge is 2.34. The average Bonchev–Trinajstić information content (AvgIpc) is 3.17. The van der Waals surface area contributed by atoms with Gasteiger partial charge in [0.1, 0.15) is 0 Å². The Morgan fingerprint density at radius 3 is 2.48 bits per heavy atom. The summed E-state index contributed by atoms with van der Waals surface area (Å²) in [5, 5.41) is 18.2. The van der Waals surface area contributed by atoms with Crippen LogP contribution in [0, 0.1) is 0 Å². The second-order valence-corrected chi connectivity index (χ2v) is 9.70. The van der Waals surface area contributed by atoms with Gasteiger partial charge in [0, 0.05) is 44.8 Å². The predicted octanol–water partition coefficient (Wildman–Crippen LogP) is 3.24. The fourth-order valence-electron chi connectivity index (χ4n) is 4.64. The molecule has 8 heteroatoms. The number of nitrogens with zero attached hydrogens (tertiary/aromatic N) is 3. The van der Waals surface area contributed by atoms with Crippen molar-refractivity contribution < 1.29 is 9.90 Å². The van der Waals surface area contributed by atoms with Crippen LogP contribution in [-0.2, 0) is 6.54 Å². The van der Waals surface area contributed by atoms with Crippen molar-refractivity contribution in [3.05, 3.63) is 59.1 Å². The maximum Gasteiger partial charge on any atom is 0.321 e. The Morgan fingerprint density at radius 2 is 1.79 bits per heavy atom. The maximum absolute atomic E-state index is 12.2. The number of likely N-dealkylation sites (tertiary alicyclic amines) is 1. The zero-order valence-corrected chi connectivity index (χ0v) is 20.1. The molecule has 0 bridgehead atoms. The zero-order chi connectivity index (χ0) is 23.4. The summed E-state index contributed by atoms with van der Waals surface area (Å²) < 4.78 is 0. The predicted molar refractivity (Wildman–Crippen MR) is 134 cm³/mol. The van der Waals surface area contributed by atoms with Gasteiger partial charge in [0.2, 0.25) is 0 Å². The van der Waals surface area contributed by atoms with Gasteiger partial charge in [-0.1, -0.05) is 35.9 Å². The van der Waals surface area contributed by atoms with E-state index in [0.29, 0.717) is 19.1 Å². The molecular formula is C25H34ClN5O2. The van der Waals surface area contributed by atoms with Crippen LogP contribution in [-0.4, -0.2) is 79.4 Å². The molecule has 0 radical (unpaired) electrons. The van der Waals surface area contributed by atoms with Crippen LogP contribution < -0.4 is 15.5 Å². The number of β-amino-alcohol motifs (C(OH)–C–C–N with tert-alkyl or cyclic N) is 1. The lowest BCUT2D eigenvalue weighted by Gasteiger charge is -2.34. The number of amides is 2. The monoisotopic (exact) mass is 471 g/mol. The van der Waals surface area contributed by atoms with E-state index in [9.17, 15) is 9.90 Å². The second-order valence-electron chi connectivity index (χ2n) is 9.26. The van der Waals surface area contributed by atoms with Gasteiger partial charge in [0.15, 0.2) is 0 Å². The highest BCUT2D eigenvalue weighted by molar-refractivity contribution is 6.30. The highest BCUT2D eigenvalue weighted by atomic mass is 35.5. The fraction of sp³-hybridized carbons (Fsp3) is 0.480. The Labute approximate surface area is 201 Å². The number of hydrogen-bond donors (Lipinski definition) is 3. The van der Waals surface area contributed by atoms with Gasteiger partial charge in [-0.2, -0.15) is 0 Å². The summed E-state index contributed by atoms with van der Waals surface area (Å²) in [5.41, 5.74) is 2.99. The molecule has 0 aliphatic carbocycles. The van der Waals surface area contributed by atoms with Gasteiger partial charge in [-0.15, -0.1) is 0 Å². The first-order valence-electron chi connectivity index (χ1n) is 11.6. The quantitative estimate of drug-likeness (QED) is 0.603. The number of urea groups is 1. The molecule has 0 saturated carbocycles. The number of hydrogen-bond acceptors (Lipinski definition) is 5. The molecule has 2 aliphatic heterocycles. The third-order valence-corrected chi connectivity index (χ3v) is 6.79. The number of aliphatic hydroxyl groups excluding tert-OH is 1. The van der Waals surface area contributed by atoms with Crippen molar-refractivity contribution in [1.29, 1.82) is 0 Å². The van der Waals surface area contributed by atoms with Crippen LogP contribution in [0.3, 0.4) is 0 Å². The Hall–Kier alpha value is -2.32. The largest absolute Gasteiger partial charge is 0.390 e. The molecule has 2 aliphatic rings. The van der Waals surface area contributed by atoms with Crippen molar-refractivity contribution in [3.63, 3.8) is 0 Å². The summed E-state index contributed by atoms with van der Waals surface area (Å²) in [6, 6.07) is 16.1. The van der Waals surface area contributed by atoms with E-state index in [0.717, 1.165) is 48.9 Å². The number of halogens is 1. The Kier molecular flexibility index (Phi) is 7.75. The summed E-state index contributed by atoms with van der Waals surface area (Å²) in [6.45, 7) is 4.26. The topological polar surface area (TPSA) is 71.1 Å². The molecular weight excluding hydrogens is 438 g/mol. The molecule has 7 nitrogen and oxygen atoms in total. The fourth-order valence-corrected chi connectivity index (χ4v) is 4.76. The molecule has 1 unspecified atom stereocenters. The van der Waals surface area contributed by atoms with Crippen molar-refractivity contribution in [2.45, 2.75) is 37.6 Å². The van der Waals surface area contributed by atoms with Gasteiger partial charge in [0.05, 0.1) is 23.5 Å². The smallest absolute Gasteiger partial charge is 0.321 e. The van der Waals surface area contributed by atoms with E-state index in [-0.39, 0.29) is 12.1 Å². The van der Waals surface area contributed by atoms with Crippen molar-refractivity contribution in [3.8, 4) is 0 Å². The lowest BCUT2D eigenvalue weighted by Crippen LogP contribution is -2.49. The maximum atomic E-state index is 12.2. The number of benzene rings is 2. The standard InChI is InChI=1S/C25H34ClN5O2/c1-29(2)25(33)28-21-5-3-4-6-23(21)31-16-22(24(32)17-31)27-20-11-13-30(14-12-20)15-18-7-9-19(26)10-8-18/h3-10,20,22,24,27,32H,11-17H2,1-2H3,(H,28,33)/t22?,24-/m1/s1. The SMILES string of the molecule is CN(C)C(=O)Nc1ccccc1N1CC(NC2CCN(Cc3ccc(Cl)cc3)CC2)[C@H](O)C1. The van der Waals surface area contributed by atoms with E-state index in [2.05, 4.69) is 32.6 Å². The van der Waals surface area contributed by atoms with Crippen LogP contribution in [0.1, 0.15) is 18.4 Å². The van der Waals surface area contributed by atoms with Gasteiger partial charge < -0.3 is 25.5 Å². The normalized spacial score (nSPS) is 21.9. The Balaban J connectivity index is 1.30. The second kappa shape index (κ2) is 10.7. The summed E-state index contributed by atoms with van der Waals surface area (Å²) >= 11 is 5.99. The third kappa shape index (κ3) is 6.18. The molecule has 2 saturated heterocycles.